The third-order valence-corrected chi connectivity index (χ3v) is 5.93. The van der Waals surface area contributed by atoms with E-state index >= 15 is 0 Å². The van der Waals surface area contributed by atoms with Gasteiger partial charge in [-0.15, -0.1) is 0 Å². The van der Waals surface area contributed by atoms with Crippen LogP contribution in [0.1, 0.15) is 21.6 Å². The van der Waals surface area contributed by atoms with Gasteiger partial charge in [0.1, 0.15) is 5.82 Å². The maximum atomic E-state index is 13.3. The number of halogens is 4. The number of nitrogens with zero attached hydrogens (tertiary/aromatic N) is 3. The van der Waals surface area contributed by atoms with Gasteiger partial charge in [-0.2, -0.15) is 13.2 Å². The lowest BCUT2D eigenvalue weighted by atomic mass is 10.1. The molecule has 3 heterocycles. The second-order valence-electron chi connectivity index (χ2n) is 8.33. The van der Waals surface area contributed by atoms with Crippen LogP contribution in [0.2, 0.25) is 0 Å². The Bertz CT molecular complexity index is 1280. The van der Waals surface area contributed by atoms with Gasteiger partial charge in [-0.1, -0.05) is 18.2 Å². The predicted octanol–water partition coefficient (Wildman–Crippen LogP) is 4.04. The van der Waals surface area contributed by atoms with Crippen LogP contribution in [-0.4, -0.2) is 65.9 Å². The molecule has 11 heteroatoms. The first-order chi connectivity index (χ1) is 17.1. The van der Waals surface area contributed by atoms with Crippen molar-refractivity contribution in [3.63, 3.8) is 0 Å². The zero-order valence-electron chi connectivity index (χ0n) is 19.1. The molecule has 1 N–H and O–H groups in total. The number of ether oxygens (including phenoxy) is 1. The van der Waals surface area contributed by atoms with Crippen LogP contribution >= 0.6 is 0 Å². The predicted molar refractivity (Wildman–Crippen MR) is 123 cm³/mol. The van der Waals surface area contributed by atoms with E-state index < -0.39 is 12.1 Å². The molecule has 5 rings (SSSR count). The molecule has 0 aliphatic carbocycles. The molecule has 0 radical (unpaired) electrons. The van der Waals surface area contributed by atoms with Gasteiger partial charge in [-0.25, -0.2) is 9.18 Å². The number of aromatic nitrogens is 1. The first-order valence-corrected chi connectivity index (χ1v) is 11.2. The van der Waals surface area contributed by atoms with E-state index in [-0.39, 0.29) is 11.7 Å². The minimum atomic E-state index is -5.08. The number of pyridine rings is 1. The number of carbonyl (C=O) groups is 2. The molecule has 190 valence electrons. The lowest BCUT2D eigenvalue weighted by Gasteiger charge is -2.30. The summed E-state index contributed by atoms with van der Waals surface area (Å²) in [4.78, 5) is 30.8. The molecule has 1 fully saturated rings. The molecule has 3 aromatic rings. The molecule has 1 amide bonds. The molecule has 1 aromatic heterocycles. The second-order valence-corrected chi connectivity index (χ2v) is 8.33. The molecule has 2 aliphatic heterocycles. The number of carboxylic acids is 1. The van der Waals surface area contributed by atoms with Crippen LogP contribution < -0.4 is 4.90 Å². The first kappa shape index (κ1) is 25.4. The summed E-state index contributed by atoms with van der Waals surface area (Å²) >= 11 is 0. The smallest absolute Gasteiger partial charge is 0.475 e. The number of anilines is 1. The molecule has 1 saturated heterocycles. The lowest BCUT2D eigenvalue weighted by Crippen LogP contribution is -2.37. The summed E-state index contributed by atoms with van der Waals surface area (Å²) in [6.45, 7) is 4.25. The molecule has 36 heavy (non-hydrogen) atoms. The Balaban J connectivity index is 0.000000384. The third-order valence-electron chi connectivity index (χ3n) is 5.93. The zero-order valence-corrected chi connectivity index (χ0v) is 19.1. The van der Waals surface area contributed by atoms with Crippen molar-refractivity contribution in [1.82, 2.24) is 9.88 Å². The summed E-state index contributed by atoms with van der Waals surface area (Å²) in [6, 6.07) is 14.5. The zero-order chi connectivity index (χ0) is 25.9. The fourth-order valence-corrected chi connectivity index (χ4v) is 4.18. The van der Waals surface area contributed by atoms with E-state index in [1.165, 1.54) is 12.1 Å². The summed E-state index contributed by atoms with van der Waals surface area (Å²) in [5.41, 5.74) is 4.61. The van der Waals surface area contributed by atoms with Gasteiger partial charge in [0.15, 0.2) is 0 Å². The van der Waals surface area contributed by atoms with E-state index in [1.54, 1.807) is 6.07 Å². The van der Waals surface area contributed by atoms with Crippen LogP contribution in [0, 0.1) is 5.82 Å². The minimum absolute atomic E-state index is 0.0879. The quantitative estimate of drug-likeness (QED) is 0.539. The lowest BCUT2D eigenvalue weighted by molar-refractivity contribution is -0.192. The molecule has 0 bridgehead atoms. The summed E-state index contributed by atoms with van der Waals surface area (Å²) in [5.74, 6) is -2.93. The Morgan fingerprint density at radius 3 is 2.50 bits per heavy atom. The SMILES string of the molecule is O=C(O)C(F)(F)F.O=C1c2c(cccc2N2CCOCC2)CN1CCc1ccc2cc(F)ccc2n1. The first-order valence-electron chi connectivity index (χ1n) is 11.2. The van der Waals surface area contributed by atoms with Crippen molar-refractivity contribution in [2.45, 2.75) is 19.1 Å². The fraction of sp³-hybridized carbons (Fsp3) is 0.320. The maximum absolute atomic E-state index is 13.3. The van der Waals surface area contributed by atoms with Gasteiger partial charge >= 0.3 is 12.1 Å². The summed E-state index contributed by atoms with van der Waals surface area (Å²) in [7, 11) is 0. The van der Waals surface area contributed by atoms with Crippen molar-refractivity contribution in [1.29, 1.82) is 0 Å². The topological polar surface area (TPSA) is 83.0 Å². The second kappa shape index (κ2) is 10.5. The summed E-state index contributed by atoms with van der Waals surface area (Å²) in [5, 5.41) is 7.91. The van der Waals surface area contributed by atoms with Gasteiger partial charge in [0, 0.05) is 43.7 Å². The van der Waals surface area contributed by atoms with Crippen molar-refractivity contribution in [2.75, 3.05) is 37.7 Å². The van der Waals surface area contributed by atoms with E-state index in [4.69, 9.17) is 14.6 Å². The van der Waals surface area contributed by atoms with E-state index in [0.29, 0.717) is 32.7 Å². The van der Waals surface area contributed by atoms with E-state index in [9.17, 15) is 22.4 Å². The third kappa shape index (κ3) is 5.73. The molecule has 0 saturated carbocycles. The normalized spacial score (nSPS) is 15.5. The van der Waals surface area contributed by atoms with Crippen molar-refractivity contribution < 1.29 is 37.0 Å². The van der Waals surface area contributed by atoms with E-state index in [0.717, 1.165) is 46.5 Å². The number of hydrogen-bond acceptors (Lipinski definition) is 5. The minimum Gasteiger partial charge on any atom is -0.475 e. The number of carboxylic acid groups (broad SMARTS) is 1. The number of hydrogen-bond donors (Lipinski definition) is 1. The monoisotopic (exact) mass is 505 g/mol. The average Bonchev–Trinajstić information content (AvgIpc) is 3.18. The number of carbonyl (C=O) groups excluding carboxylic acids is 1. The number of rotatable bonds is 4. The Morgan fingerprint density at radius 2 is 1.81 bits per heavy atom. The number of morpholine rings is 1. The molecule has 0 spiro atoms. The standard InChI is InChI=1S/C23H22FN3O2.C2HF3O2/c24-18-5-7-20-16(14-18)4-6-19(25-20)8-9-27-15-17-2-1-3-21(22(17)23(27)28)26-10-12-29-13-11-26;3-2(4,5)1(6)7/h1-7,14H,8-13,15H2;(H,6,7). The molecular formula is C25H23F4N3O4. The van der Waals surface area contributed by atoms with Crippen molar-refractivity contribution in [3.05, 3.63) is 71.2 Å². The van der Waals surface area contributed by atoms with E-state index in [1.807, 2.05) is 35.2 Å². The van der Waals surface area contributed by atoms with Gasteiger partial charge < -0.3 is 19.6 Å². The van der Waals surface area contributed by atoms with E-state index in [2.05, 4.69) is 9.88 Å². The Hall–Kier alpha value is -3.73. The summed E-state index contributed by atoms with van der Waals surface area (Å²) < 4.78 is 50.5. The molecule has 0 atom stereocenters. The van der Waals surface area contributed by atoms with Crippen LogP contribution in [0.4, 0.5) is 23.2 Å². The molecular weight excluding hydrogens is 482 g/mol. The largest absolute Gasteiger partial charge is 0.490 e. The van der Waals surface area contributed by atoms with Crippen molar-refractivity contribution in [3.8, 4) is 0 Å². The number of fused-ring (bicyclic) bond motifs is 2. The Kier molecular flexibility index (Phi) is 7.39. The highest BCUT2D eigenvalue weighted by atomic mass is 19.4. The molecule has 7 nitrogen and oxygen atoms in total. The van der Waals surface area contributed by atoms with Gasteiger partial charge in [0.25, 0.3) is 5.91 Å². The van der Waals surface area contributed by atoms with Crippen LogP contribution in [0.15, 0.2) is 48.5 Å². The van der Waals surface area contributed by atoms with Crippen LogP contribution in [0.25, 0.3) is 10.9 Å². The van der Waals surface area contributed by atoms with Crippen LogP contribution in [-0.2, 0) is 22.5 Å². The highest BCUT2D eigenvalue weighted by Crippen LogP contribution is 2.32. The Labute approximate surface area is 203 Å². The van der Waals surface area contributed by atoms with Gasteiger partial charge in [0.2, 0.25) is 0 Å². The van der Waals surface area contributed by atoms with Gasteiger partial charge in [-0.3, -0.25) is 9.78 Å². The average molecular weight is 505 g/mol. The van der Waals surface area contributed by atoms with Crippen molar-refractivity contribution >= 4 is 28.5 Å². The molecule has 2 aromatic carbocycles. The Morgan fingerprint density at radius 1 is 1.08 bits per heavy atom. The summed E-state index contributed by atoms with van der Waals surface area (Å²) in [6.07, 6.45) is -4.42. The molecule has 0 unspecified atom stereocenters. The number of alkyl halides is 3. The highest BCUT2D eigenvalue weighted by Gasteiger charge is 2.38. The molecule has 2 aliphatic rings. The van der Waals surface area contributed by atoms with Crippen LogP contribution in [0.3, 0.4) is 0 Å². The van der Waals surface area contributed by atoms with Gasteiger partial charge in [0.05, 0.1) is 30.0 Å². The fourth-order valence-electron chi connectivity index (χ4n) is 4.18. The maximum Gasteiger partial charge on any atom is 0.490 e. The number of benzene rings is 2. The van der Waals surface area contributed by atoms with Crippen LogP contribution in [0.5, 0.6) is 0 Å². The number of aliphatic carboxylic acids is 1. The van der Waals surface area contributed by atoms with Gasteiger partial charge in [-0.05, 0) is 35.9 Å². The van der Waals surface area contributed by atoms with Crippen molar-refractivity contribution in [2.24, 2.45) is 0 Å². The number of amides is 1. The highest BCUT2D eigenvalue weighted by molar-refractivity contribution is 6.03.